The predicted molar refractivity (Wildman–Crippen MR) is 121 cm³/mol. The van der Waals surface area contributed by atoms with Crippen LogP contribution in [0.15, 0.2) is 18.2 Å². The normalized spacial score (nSPS) is 16.3. The van der Waals surface area contributed by atoms with E-state index in [1.807, 2.05) is 12.1 Å². The van der Waals surface area contributed by atoms with Gasteiger partial charge in [-0.15, -0.1) is 0 Å². The summed E-state index contributed by atoms with van der Waals surface area (Å²) >= 11 is 2.05. The molecule has 0 aromatic heterocycles. The van der Waals surface area contributed by atoms with Crippen LogP contribution in [0.25, 0.3) is 0 Å². The second-order valence-electron chi connectivity index (χ2n) is 8.56. The number of hydrogen-bond acceptors (Lipinski definition) is 6. The standard InChI is InChI=1S/C22H29NO5S2/c1-13(24)29-11-17(12-30-14(2)25)20(26)23-10-16-8-18(22(3,4)5)7-6-15(16)9-19(23)21(27)28/h6-8,17,19H,9-12H2,1-5H3,(H,27,28). The maximum absolute atomic E-state index is 13.3. The van der Waals surface area contributed by atoms with E-state index in [-0.39, 0.29) is 46.0 Å². The Bertz CT molecular complexity index is 828. The number of hydrogen-bond donors (Lipinski definition) is 1. The van der Waals surface area contributed by atoms with Gasteiger partial charge in [-0.25, -0.2) is 4.79 Å². The van der Waals surface area contributed by atoms with Crippen molar-refractivity contribution < 1.29 is 24.3 Å². The minimum Gasteiger partial charge on any atom is -0.480 e. The lowest BCUT2D eigenvalue weighted by molar-refractivity contribution is -0.152. The van der Waals surface area contributed by atoms with Gasteiger partial charge in [-0.2, -0.15) is 0 Å². The van der Waals surface area contributed by atoms with E-state index in [2.05, 4.69) is 26.8 Å². The summed E-state index contributed by atoms with van der Waals surface area (Å²) in [5, 5.41) is 9.54. The molecule has 6 nitrogen and oxygen atoms in total. The summed E-state index contributed by atoms with van der Waals surface area (Å²) in [7, 11) is 0. The first-order valence-electron chi connectivity index (χ1n) is 9.82. The molecule has 1 aromatic carbocycles. The molecule has 0 saturated carbocycles. The fourth-order valence-corrected chi connectivity index (χ4v) is 4.91. The van der Waals surface area contributed by atoms with Crippen LogP contribution in [0.5, 0.6) is 0 Å². The molecule has 2 rings (SSSR count). The van der Waals surface area contributed by atoms with Crippen molar-refractivity contribution in [1.82, 2.24) is 4.90 Å². The lowest BCUT2D eigenvalue weighted by atomic mass is 9.83. The van der Waals surface area contributed by atoms with Crippen LogP contribution < -0.4 is 0 Å². The molecule has 30 heavy (non-hydrogen) atoms. The van der Waals surface area contributed by atoms with Crippen LogP contribution in [0.1, 0.15) is 51.3 Å². The summed E-state index contributed by atoms with van der Waals surface area (Å²) in [5.41, 5.74) is 2.95. The van der Waals surface area contributed by atoms with E-state index in [4.69, 9.17) is 0 Å². The number of carboxylic acids is 1. The van der Waals surface area contributed by atoms with Gasteiger partial charge in [0, 0.05) is 38.3 Å². The highest BCUT2D eigenvalue weighted by atomic mass is 32.2. The number of fused-ring (bicyclic) bond motifs is 1. The summed E-state index contributed by atoms with van der Waals surface area (Å²) in [4.78, 5) is 49.5. The van der Waals surface area contributed by atoms with Crippen molar-refractivity contribution in [3.63, 3.8) is 0 Å². The average Bonchev–Trinajstić information content (AvgIpc) is 2.64. The van der Waals surface area contributed by atoms with Gasteiger partial charge in [-0.3, -0.25) is 14.4 Å². The molecule has 164 valence electrons. The van der Waals surface area contributed by atoms with Crippen molar-refractivity contribution in [3.8, 4) is 0 Å². The number of thioether (sulfide) groups is 2. The molecule has 1 aliphatic heterocycles. The highest BCUT2D eigenvalue weighted by Gasteiger charge is 2.38. The molecule has 1 aliphatic rings. The zero-order valence-electron chi connectivity index (χ0n) is 18.1. The number of carboxylic acid groups (broad SMARTS) is 1. The second kappa shape index (κ2) is 10.0. The Hall–Kier alpha value is -1.80. The highest BCUT2D eigenvalue weighted by Crippen LogP contribution is 2.31. The summed E-state index contributed by atoms with van der Waals surface area (Å²) in [6.45, 7) is 9.38. The zero-order chi connectivity index (χ0) is 22.6. The third-order valence-corrected chi connectivity index (χ3v) is 7.05. The van der Waals surface area contributed by atoms with Crippen LogP contribution in [0.2, 0.25) is 0 Å². The summed E-state index contributed by atoms with van der Waals surface area (Å²) < 4.78 is 0. The van der Waals surface area contributed by atoms with Crippen LogP contribution in [-0.2, 0) is 37.6 Å². The summed E-state index contributed by atoms with van der Waals surface area (Å²) in [6, 6.07) is 5.07. The lowest BCUT2D eigenvalue weighted by Gasteiger charge is -2.37. The minimum absolute atomic E-state index is 0.0632. The molecule has 1 unspecified atom stereocenters. The SMILES string of the molecule is CC(=O)SCC(CSC(C)=O)C(=O)N1Cc2cc(C(C)(C)C)ccc2CC1C(=O)O. The van der Waals surface area contributed by atoms with Gasteiger partial charge in [0.25, 0.3) is 0 Å². The van der Waals surface area contributed by atoms with Crippen LogP contribution in [0, 0.1) is 5.92 Å². The molecule has 8 heteroatoms. The molecule has 0 aliphatic carbocycles. The third kappa shape index (κ3) is 6.35. The van der Waals surface area contributed by atoms with Crippen molar-refractivity contribution in [2.45, 2.75) is 59.0 Å². The fourth-order valence-electron chi connectivity index (χ4n) is 3.36. The number of aliphatic carboxylic acids is 1. The fraction of sp³-hybridized carbons (Fsp3) is 0.545. The first kappa shape index (κ1) is 24.5. The van der Waals surface area contributed by atoms with E-state index in [9.17, 15) is 24.3 Å². The van der Waals surface area contributed by atoms with Crippen molar-refractivity contribution in [2.24, 2.45) is 5.92 Å². The molecule has 0 spiro atoms. The molecule has 0 saturated heterocycles. The molecular weight excluding hydrogens is 422 g/mol. The Morgan fingerprint density at radius 3 is 2.10 bits per heavy atom. The number of carbonyl (C=O) groups excluding carboxylic acids is 3. The van der Waals surface area contributed by atoms with Gasteiger partial charge in [0.1, 0.15) is 6.04 Å². The maximum Gasteiger partial charge on any atom is 0.326 e. The van der Waals surface area contributed by atoms with Crippen molar-refractivity contribution in [1.29, 1.82) is 0 Å². The quantitative estimate of drug-likeness (QED) is 0.708. The number of nitrogens with zero attached hydrogens (tertiary/aromatic N) is 1. The van der Waals surface area contributed by atoms with Crippen molar-refractivity contribution in [3.05, 3.63) is 34.9 Å². The zero-order valence-corrected chi connectivity index (χ0v) is 19.7. The third-order valence-electron chi connectivity index (χ3n) is 5.10. The Kier molecular flexibility index (Phi) is 8.16. The van der Waals surface area contributed by atoms with Crippen molar-refractivity contribution in [2.75, 3.05) is 11.5 Å². The van der Waals surface area contributed by atoms with E-state index < -0.39 is 17.9 Å². The number of rotatable bonds is 6. The summed E-state index contributed by atoms with van der Waals surface area (Å²) in [6.07, 6.45) is 0.243. The molecule has 1 aromatic rings. The monoisotopic (exact) mass is 451 g/mol. The highest BCUT2D eigenvalue weighted by molar-refractivity contribution is 8.14. The summed E-state index contributed by atoms with van der Waals surface area (Å²) in [5.74, 6) is -1.52. The molecule has 1 heterocycles. The number of carbonyl (C=O) groups is 4. The largest absolute Gasteiger partial charge is 0.480 e. The minimum atomic E-state index is -1.05. The van der Waals surface area contributed by atoms with Crippen LogP contribution in [0.4, 0.5) is 0 Å². The van der Waals surface area contributed by atoms with Crippen LogP contribution >= 0.6 is 23.5 Å². The van der Waals surface area contributed by atoms with Gasteiger partial charge in [-0.05, 0) is 22.1 Å². The van der Waals surface area contributed by atoms with E-state index in [0.29, 0.717) is 0 Å². The Morgan fingerprint density at radius 1 is 1.07 bits per heavy atom. The molecule has 0 radical (unpaired) electrons. The molecule has 0 fully saturated rings. The molecule has 1 amide bonds. The van der Waals surface area contributed by atoms with E-state index in [1.165, 1.54) is 18.7 Å². The van der Waals surface area contributed by atoms with Crippen LogP contribution in [0.3, 0.4) is 0 Å². The van der Waals surface area contributed by atoms with E-state index >= 15 is 0 Å². The van der Waals surface area contributed by atoms with Crippen molar-refractivity contribution >= 4 is 45.6 Å². The first-order valence-corrected chi connectivity index (χ1v) is 11.8. The Balaban J connectivity index is 2.35. The molecular formula is C22H29NO5S2. The molecule has 0 bridgehead atoms. The predicted octanol–water partition coefficient (Wildman–Crippen LogP) is 3.50. The second-order valence-corrected chi connectivity index (χ2v) is 11.0. The van der Waals surface area contributed by atoms with E-state index in [1.54, 1.807) is 0 Å². The van der Waals surface area contributed by atoms with Crippen LogP contribution in [-0.4, -0.2) is 49.7 Å². The lowest BCUT2D eigenvalue weighted by Crippen LogP contribution is -2.51. The topological polar surface area (TPSA) is 91.8 Å². The average molecular weight is 452 g/mol. The maximum atomic E-state index is 13.3. The Labute approximate surface area is 186 Å². The van der Waals surface area contributed by atoms with Gasteiger partial charge in [0.15, 0.2) is 10.2 Å². The number of amides is 1. The van der Waals surface area contributed by atoms with Gasteiger partial charge >= 0.3 is 5.97 Å². The first-order chi connectivity index (χ1) is 13.9. The van der Waals surface area contributed by atoms with Gasteiger partial charge in [-0.1, -0.05) is 62.5 Å². The van der Waals surface area contributed by atoms with Gasteiger partial charge in [0.05, 0.1) is 5.92 Å². The smallest absolute Gasteiger partial charge is 0.326 e. The Morgan fingerprint density at radius 2 is 1.63 bits per heavy atom. The number of benzene rings is 1. The van der Waals surface area contributed by atoms with Gasteiger partial charge < -0.3 is 10.0 Å². The molecule has 1 atom stereocenters. The molecule has 1 N–H and O–H groups in total. The van der Waals surface area contributed by atoms with Gasteiger partial charge in [0.2, 0.25) is 5.91 Å². The van der Waals surface area contributed by atoms with E-state index in [0.717, 1.165) is 40.2 Å².